The summed E-state index contributed by atoms with van der Waals surface area (Å²) in [6, 6.07) is 15.6. The molecule has 0 bridgehead atoms. The molecule has 2 aromatic carbocycles. The Kier molecular flexibility index (Phi) is 11.5. The van der Waals surface area contributed by atoms with Gasteiger partial charge in [0.1, 0.15) is 5.75 Å². The molecule has 1 fully saturated rings. The number of rotatable bonds is 9. The maximum atomic E-state index is 12.6. The predicted octanol–water partition coefficient (Wildman–Crippen LogP) is 8.31. The smallest absolute Gasteiger partial charge is 0.314 e. The summed E-state index contributed by atoms with van der Waals surface area (Å²) in [4.78, 5) is 12.6. The molecule has 0 aliphatic heterocycles. The fourth-order valence-electron chi connectivity index (χ4n) is 4.56. The fourth-order valence-corrected chi connectivity index (χ4v) is 4.56. The first-order valence-electron chi connectivity index (χ1n) is 13.6. The number of esters is 1. The summed E-state index contributed by atoms with van der Waals surface area (Å²) >= 11 is 0. The molecule has 2 heteroatoms. The van der Waals surface area contributed by atoms with Gasteiger partial charge in [-0.3, -0.25) is 4.79 Å². The van der Waals surface area contributed by atoms with Gasteiger partial charge in [-0.15, -0.1) is 0 Å². The SMILES string of the molecule is CCCCC#Cc1ccc(C#Cc2ccc(OC(=O)C3CCC(CCCCCC)CC3)cc2)cc1. The Morgan fingerprint density at radius 2 is 1.31 bits per heavy atom. The molecule has 35 heavy (non-hydrogen) atoms. The number of unbranched alkanes of at least 4 members (excludes halogenated alkanes) is 5. The largest absolute Gasteiger partial charge is 0.426 e. The van der Waals surface area contributed by atoms with E-state index in [-0.39, 0.29) is 11.9 Å². The van der Waals surface area contributed by atoms with Crippen LogP contribution in [0.15, 0.2) is 48.5 Å². The maximum absolute atomic E-state index is 12.6. The predicted molar refractivity (Wildman–Crippen MR) is 145 cm³/mol. The zero-order valence-electron chi connectivity index (χ0n) is 21.6. The molecule has 0 aromatic heterocycles. The first kappa shape index (κ1) is 26.6. The Hall–Kier alpha value is -2.97. The second kappa shape index (κ2) is 15.1. The fraction of sp³-hybridized carbons (Fsp3) is 0.485. The van der Waals surface area contributed by atoms with Crippen molar-refractivity contribution in [2.24, 2.45) is 11.8 Å². The molecule has 1 aliphatic carbocycles. The molecule has 2 aromatic rings. The van der Waals surface area contributed by atoms with E-state index in [0.29, 0.717) is 5.75 Å². The van der Waals surface area contributed by atoms with Crippen LogP contribution in [0.25, 0.3) is 0 Å². The van der Waals surface area contributed by atoms with Crippen LogP contribution in [0.5, 0.6) is 5.75 Å². The molecule has 0 atom stereocenters. The van der Waals surface area contributed by atoms with Crippen LogP contribution >= 0.6 is 0 Å². The van der Waals surface area contributed by atoms with Gasteiger partial charge in [-0.05, 0) is 86.6 Å². The third kappa shape index (κ3) is 9.66. The van der Waals surface area contributed by atoms with Crippen molar-refractivity contribution in [1.82, 2.24) is 0 Å². The quantitative estimate of drug-likeness (QED) is 0.160. The molecule has 0 saturated heterocycles. The van der Waals surface area contributed by atoms with Crippen molar-refractivity contribution < 1.29 is 9.53 Å². The summed E-state index contributed by atoms with van der Waals surface area (Å²) in [5, 5.41) is 0. The lowest BCUT2D eigenvalue weighted by molar-refractivity contribution is -0.140. The van der Waals surface area contributed by atoms with E-state index in [9.17, 15) is 4.79 Å². The first-order chi connectivity index (χ1) is 17.2. The molecule has 0 heterocycles. The summed E-state index contributed by atoms with van der Waals surface area (Å²) in [5.74, 6) is 14.2. The minimum Gasteiger partial charge on any atom is -0.426 e. The lowest BCUT2D eigenvalue weighted by Gasteiger charge is -2.27. The Morgan fingerprint density at radius 1 is 0.743 bits per heavy atom. The summed E-state index contributed by atoms with van der Waals surface area (Å²) < 4.78 is 5.68. The van der Waals surface area contributed by atoms with Crippen molar-refractivity contribution in [2.45, 2.75) is 90.9 Å². The molecule has 1 aliphatic rings. The molecule has 3 rings (SSSR count). The van der Waals surface area contributed by atoms with E-state index in [1.54, 1.807) is 0 Å². The third-order valence-corrected chi connectivity index (χ3v) is 6.84. The van der Waals surface area contributed by atoms with Crippen LogP contribution in [0.3, 0.4) is 0 Å². The topological polar surface area (TPSA) is 26.3 Å². The lowest BCUT2D eigenvalue weighted by atomic mass is 9.80. The summed E-state index contributed by atoms with van der Waals surface area (Å²) in [7, 11) is 0. The van der Waals surface area contributed by atoms with Gasteiger partial charge < -0.3 is 4.74 Å². The first-order valence-corrected chi connectivity index (χ1v) is 13.6. The Morgan fingerprint density at radius 3 is 1.91 bits per heavy atom. The number of benzene rings is 2. The Bertz CT molecular complexity index is 1020. The molecule has 2 nitrogen and oxygen atoms in total. The zero-order valence-corrected chi connectivity index (χ0v) is 21.6. The van der Waals surface area contributed by atoms with Crippen LogP contribution in [0.1, 0.15) is 108 Å². The number of carbonyl (C=O) groups is 1. The summed E-state index contributed by atoms with van der Waals surface area (Å²) in [5.41, 5.74) is 2.88. The van der Waals surface area contributed by atoms with E-state index in [0.717, 1.165) is 61.1 Å². The van der Waals surface area contributed by atoms with E-state index in [1.165, 1.54) is 38.5 Å². The van der Waals surface area contributed by atoms with Crippen LogP contribution in [0, 0.1) is 35.5 Å². The van der Waals surface area contributed by atoms with Crippen LogP contribution in [0.2, 0.25) is 0 Å². The number of hydrogen-bond donors (Lipinski definition) is 0. The highest BCUT2D eigenvalue weighted by Gasteiger charge is 2.27. The van der Waals surface area contributed by atoms with Gasteiger partial charge in [0.2, 0.25) is 0 Å². The highest BCUT2D eigenvalue weighted by Crippen LogP contribution is 2.33. The Balaban J connectivity index is 1.44. The number of ether oxygens (including phenoxy) is 1. The van der Waals surface area contributed by atoms with Crippen molar-refractivity contribution in [3.63, 3.8) is 0 Å². The number of carbonyl (C=O) groups excluding carboxylic acids is 1. The standard InChI is InChI=1S/C33H40O2/c1-3-5-7-9-11-27-13-15-29(16-14-27)17-18-30-21-25-32(26-22-30)35-33(34)31-23-19-28(20-24-31)12-10-8-6-4-2/h13-16,21-22,25-26,28,31H,3-8,10,12,19-20,23-24H2,1-2H3. The molecule has 0 N–H and O–H groups in total. The molecule has 0 unspecified atom stereocenters. The minimum atomic E-state index is -0.0776. The second-order valence-corrected chi connectivity index (χ2v) is 9.75. The van der Waals surface area contributed by atoms with Gasteiger partial charge in [-0.1, -0.05) is 76.1 Å². The van der Waals surface area contributed by atoms with E-state index in [2.05, 4.69) is 37.5 Å². The van der Waals surface area contributed by atoms with Crippen molar-refractivity contribution >= 4 is 5.97 Å². The molecule has 0 radical (unpaired) electrons. The molecule has 0 amide bonds. The van der Waals surface area contributed by atoms with E-state index in [1.807, 2.05) is 48.5 Å². The van der Waals surface area contributed by atoms with Gasteiger partial charge in [0, 0.05) is 23.1 Å². The van der Waals surface area contributed by atoms with E-state index >= 15 is 0 Å². The maximum Gasteiger partial charge on any atom is 0.314 e. The Labute approximate surface area is 212 Å². The van der Waals surface area contributed by atoms with Crippen LogP contribution in [-0.4, -0.2) is 5.97 Å². The van der Waals surface area contributed by atoms with Crippen LogP contribution in [-0.2, 0) is 4.79 Å². The van der Waals surface area contributed by atoms with Gasteiger partial charge in [-0.2, -0.15) is 0 Å². The van der Waals surface area contributed by atoms with Crippen LogP contribution in [0.4, 0.5) is 0 Å². The van der Waals surface area contributed by atoms with Crippen LogP contribution < -0.4 is 4.74 Å². The van der Waals surface area contributed by atoms with Gasteiger partial charge in [0.05, 0.1) is 5.92 Å². The van der Waals surface area contributed by atoms with Gasteiger partial charge >= 0.3 is 5.97 Å². The van der Waals surface area contributed by atoms with Crippen molar-refractivity contribution in [2.75, 3.05) is 0 Å². The van der Waals surface area contributed by atoms with Crippen molar-refractivity contribution in [3.05, 3.63) is 65.2 Å². The molecule has 1 saturated carbocycles. The third-order valence-electron chi connectivity index (χ3n) is 6.84. The summed E-state index contributed by atoms with van der Waals surface area (Å²) in [6.07, 6.45) is 14.1. The van der Waals surface area contributed by atoms with E-state index < -0.39 is 0 Å². The molecular weight excluding hydrogens is 428 g/mol. The normalized spacial score (nSPS) is 17.0. The number of hydrogen-bond acceptors (Lipinski definition) is 2. The van der Waals surface area contributed by atoms with Crippen molar-refractivity contribution in [3.8, 4) is 29.4 Å². The average molecular weight is 469 g/mol. The van der Waals surface area contributed by atoms with Gasteiger partial charge in [0.15, 0.2) is 0 Å². The second-order valence-electron chi connectivity index (χ2n) is 9.75. The average Bonchev–Trinajstić information content (AvgIpc) is 2.90. The highest BCUT2D eigenvalue weighted by molar-refractivity contribution is 5.75. The van der Waals surface area contributed by atoms with Crippen molar-refractivity contribution in [1.29, 1.82) is 0 Å². The lowest BCUT2D eigenvalue weighted by Crippen LogP contribution is -2.25. The molecule has 184 valence electrons. The molecular formula is C33H40O2. The van der Waals surface area contributed by atoms with Gasteiger partial charge in [-0.25, -0.2) is 0 Å². The van der Waals surface area contributed by atoms with E-state index in [4.69, 9.17) is 4.74 Å². The minimum absolute atomic E-state index is 0.0423. The molecule has 0 spiro atoms. The van der Waals surface area contributed by atoms with Gasteiger partial charge in [0.25, 0.3) is 0 Å². The summed E-state index contributed by atoms with van der Waals surface area (Å²) in [6.45, 7) is 4.43. The highest BCUT2D eigenvalue weighted by atomic mass is 16.5. The monoisotopic (exact) mass is 468 g/mol. The zero-order chi connectivity index (χ0) is 24.7.